The fraction of sp³-hybridized carbons (Fsp3) is 1.00. The van der Waals surface area contributed by atoms with Crippen LogP contribution in [0.3, 0.4) is 0 Å². The van der Waals surface area contributed by atoms with Gasteiger partial charge >= 0.3 is 106 Å². The van der Waals surface area contributed by atoms with Crippen molar-refractivity contribution >= 4 is 22.6 Å². The Bertz CT molecular complexity index is 53.6. The molecular formula is C5H12I4N-. The van der Waals surface area contributed by atoms with E-state index in [1.54, 1.807) is 6.86 Å². The van der Waals surface area contributed by atoms with E-state index in [9.17, 15) is 0 Å². The summed E-state index contributed by atoms with van der Waals surface area (Å²) in [6, 6.07) is 0. The monoisotopic (exact) mass is 594 g/mol. The molecule has 0 amide bonds. The van der Waals surface area contributed by atoms with E-state index in [2.05, 4.69) is 22.6 Å². The third-order valence-corrected chi connectivity index (χ3v) is 23.7. The van der Waals surface area contributed by atoms with Crippen molar-refractivity contribution in [3.8, 4) is 0 Å². The Hall–Kier alpha value is 2.88. The van der Waals surface area contributed by atoms with Gasteiger partial charge in [0.2, 0.25) is 0 Å². The summed E-state index contributed by atoms with van der Waals surface area (Å²) in [4.78, 5) is 0. The van der Waals surface area contributed by atoms with Gasteiger partial charge in [-0.15, -0.1) is 0 Å². The molecule has 0 aromatic heterocycles. The Labute approximate surface area is 104 Å². The SMILES string of the molecule is NC[I-]C[I+][I-]CCCI. The van der Waals surface area contributed by atoms with Gasteiger partial charge in [0.1, 0.15) is 0 Å². The molecule has 10 heavy (non-hydrogen) atoms. The van der Waals surface area contributed by atoms with Crippen LogP contribution in [-0.2, 0) is 0 Å². The van der Waals surface area contributed by atoms with Gasteiger partial charge in [0.25, 0.3) is 0 Å². The Morgan fingerprint density at radius 3 is 2.90 bits per heavy atom. The summed E-state index contributed by atoms with van der Waals surface area (Å²) in [5.41, 5.74) is 5.45. The average Bonchev–Trinajstić information content (AvgIpc) is 1.97. The van der Waals surface area contributed by atoms with E-state index in [0.717, 1.165) is 4.55 Å². The average molecular weight is 594 g/mol. The molecule has 0 aliphatic carbocycles. The number of hydrogen-bond donors (Lipinski definition) is 1. The van der Waals surface area contributed by atoms with Gasteiger partial charge in [-0.1, -0.05) is 0 Å². The van der Waals surface area contributed by atoms with E-state index in [-0.39, 0.29) is 0 Å². The number of hydrogen-bond acceptors (Lipinski definition) is 1. The summed E-state index contributed by atoms with van der Waals surface area (Å²) in [5.74, 6) is 0. The number of rotatable bonds is 7. The Balaban J connectivity index is 2.65. The molecule has 0 spiro atoms. The maximum absolute atomic E-state index is 5.45. The molecule has 0 atom stereocenters. The third-order valence-electron chi connectivity index (χ3n) is 0.629. The molecule has 1 nitrogen and oxygen atoms in total. The second-order valence-corrected chi connectivity index (χ2v) is 18.8. The zero-order valence-electron chi connectivity index (χ0n) is 5.62. The zero-order valence-corrected chi connectivity index (χ0v) is 14.3. The first kappa shape index (κ1) is 12.9. The van der Waals surface area contributed by atoms with Crippen molar-refractivity contribution in [1.82, 2.24) is 0 Å². The molecule has 5 heteroatoms. The van der Waals surface area contributed by atoms with Crippen molar-refractivity contribution in [2.75, 3.05) is 15.8 Å². The van der Waals surface area contributed by atoms with Crippen LogP contribution in [0.1, 0.15) is 6.42 Å². The molecule has 66 valence electrons. The van der Waals surface area contributed by atoms with Crippen LogP contribution in [0.5, 0.6) is 0 Å². The fourth-order valence-corrected chi connectivity index (χ4v) is 25.0. The molecule has 0 aromatic carbocycles. The first-order valence-electron chi connectivity index (χ1n) is 2.89. The first-order valence-corrected chi connectivity index (χ1v) is 16.8. The molecule has 0 fully saturated rings. The van der Waals surface area contributed by atoms with Crippen molar-refractivity contribution in [3.05, 3.63) is 0 Å². The number of halogens is 4. The minimum absolute atomic E-state index is 0.458. The standard InChI is InChI=1S/C5H12I4N/c6-2-1-3-8-9-4-7-5-10/h1-5,10H2/q-1. The second-order valence-electron chi connectivity index (χ2n) is 1.38. The summed E-state index contributed by atoms with van der Waals surface area (Å²) in [6.07, 6.45) is 1.48. The van der Waals surface area contributed by atoms with Crippen LogP contribution in [-0.4, -0.2) is 15.8 Å². The van der Waals surface area contributed by atoms with Gasteiger partial charge in [-0.05, 0) is 0 Å². The normalized spacial score (nSPS) is 11.0. The van der Waals surface area contributed by atoms with Gasteiger partial charge < -0.3 is 0 Å². The van der Waals surface area contributed by atoms with Crippen molar-refractivity contribution in [2.45, 2.75) is 6.42 Å². The fourth-order valence-electron chi connectivity index (χ4n) is 0.247. The van der Waals surface area contributed by atoms with Crippen LogP contribution in [0.4, 0.5) is 0 Å². The molecule has 2 N–H and O–H groups in total. The van der Waals surface area contributed by atoms with Gasteiger partial charge in [-0.3, -0.25) is 0 Å². The summed E-state index contributed by atoms with van der Waals surface area (Å²) in [7, 11) is 0. The van der Waals surface area contributed by atoms with Gasteiger partial charge in [-0.2, -0.15) is 0 Å². The maximum atomic E-state index is 5.45. The zero-order chi connectivity index (χ0) is 7.66. The summed E-state index contributed by atoms with van der Waals surface area (Å²) in [6.45, 7) is 0. The van der Waals surface area contributed by atoms with E-state index in [4.69, 9.17) is 5.73 Å². The Morgan fingerprint density at radius 2 is 2.30 bits per heavy atom. The first-order chi connectivity index (χ1) is 4.91. The molecule has 0 bridgehead atoms. The van der Waals surface area contributed by atoms with Crippen LogP contribution in [0.15, 0.2) is 0 Å². The minimum atomic E-state index is 0.458. The van der Waals surface area contributed by atoms with Gasteiger partial charge in [0.05, 0.1) is 0 Å². The van der Waals surface area contributed by atoms with E-state index in [1.165, 1.54) is 10.8 Å². The van der Waals surface area contributed by atoms with Gasteiger partial charge in [0, 0.05) is 0 Å². The molecule has 0 aliphatic rings. The van der Waals surface area contributed by atoms with E-state index >= 15 is 0 Å². The molecule has 0 saturated heterocycles. The quantitative estimate of drug-likeness (QED) is 0.135. The molecule has 0 unspecified atom stereocenters. The van der Waals surface area contributed by atoms with Crippen LogP contribution >= 0.6 is 22.6 Å². The predicted molar refractivity (Wildman–Crippen MR) is 42.3 cm³/mol. The van der Waals surface area contributed by atoms with Crippen LogP contribution < -0.4 is 61.4 Å². The molecule has 0 rings (SSSR count). The molecule has 0 saturated carbocycles. The van der Waals surface area contributed by atoms with Gasteiger partial charge in [-0.25, -0.2) is 0 Å². The van der Waals surface area contributed by atoms with Gasteiger partial charge in [0.15, 0.2) is 0 Å². The topological polar surface area (TPSA) is 26.0 Å². The molecule has 0 aromatic rings. The van der Waals surface area contributed by atoms with Crippen molar-refractivity contribution in [2.24, 2.45) is 5.73 Å². The number of alkyl halides is 5. The number of nitrogens with two attached hydrogens (primary N) is 1. The molecule has 0 radical (unpaired) electrons. The van der Waals surface area contributed by atoms with Crippen molar-refractivity contribution in [3.63, 3.8) is 0 Å². The van der Waals surface area contributed by atoms with Crippen molar-refractivity contribution < 1.29 is 55.7 Å². The summed E-state index contributed by atoms with van der Waals surface area (Å²) < 4.78 is 5.58. The molecule has 0 heterocycles. The second kappa shape index (κ2) is 11.9. The predicted octanol–water partition coefficient (Wildman–Crippen LogP) is -8.13. The van der Waals surface area contributed by atoms with Crippen LogP contribution in [0.25, 0.3) is 0 Å². The van der Waals surface area contributed by atoms with E-state index in [0.29, 0.717) is 55.7 Å². The summed E-state index contributed by atoms with van der Waals surface area (Å²) in [5, 5.41) is 0. The molecular weight excluding hydrogens is 582 g/mol. The van der Waals surface area contributed by atoms with Crippen molar-refractivity contribution in [1.29, 1.82) is 0 Å². The van der Waals surface area contributed by atoms with E-state index < -0.39 is 0 Å². The summed E-state index contributed by atoms with van der Waals surface area (Å²) >= 11 is 4.30. The van der Waals surface area contributed by atoms with E-state index in [1.807, 2.05) is 0 Å². The van der Waals surface area contributed by atoms with Crippen LogP contribution in [0.2, 0.25) is 0 Å². The Morgan fingerprint density at radius 1 is 1.50 bits per heavy atom. The molecule has 0 aliphatic heterocycles. The van der Waals surface area contributed by atoms with Crippen LogP contribution in [0, 0.1) is 0 Å². The Kier molecular flexibility index (Phi) is 15.3. The third kappa shape index (κ3) is 10.9.